The van der Waals surface area contributed by atoms with E-state index >= 15 is 0 Å². The number of H-pyrrole nitrogens is 1. The fraction of sp³-hybridized carbons (Fsp3) is 0.478. The average Bonchev–Trinajstić information content (AvgIpc) is 3.47. The number of oxime groups is 1. The number of benzene rings is 1. The minimum Gasteiger partial charge on any atom is -0.480 e. The van der Waals surface area contributed by atoms with Crippen molar-refractivity contribution in [3.63, 3.8) is 0 Å². The molecule has 36 heavy (non-hydrogen) atoms. The van der Waals surface area contributed by atoms with Crippen LogP contribution in [-0.4, -0.2) is 66.3 Å². The summed E-state index contributed by atoms with van der Waals surface area (Å²) in [4.78, 5) is 36.5. The summed E-state index contributed by atoms with van der Waals surface area (Å²) in [5.41, 5.74) is 2.66. The summed E-state index contributed by atoms with van der Waals surface area (Å²) in [6.45, 7) is 5.44. The van der Waals surface area contributed by atoms with Crippen LogP contribution in [-0.2, 0) is 24.4 Å². The topological polar surface area (TPSA) is 175 Å². The molecule has 1 aliphatic rings. The van der Waals surface area contributed by atoms with Crippen LogP contribution < -0.4 is 15.4 Å². The SMILES string of the molecule is Cc1cc(C)c(S(=O)(=O)NC(CNC(=O)C2CC(CCCCNc3ncc[nH]3)=NO2)C(=O)O)c(C)c1. The number of carbonyl (C=O) groups excluding carboxylic acids is 1. The second-order valence-electron chi connectivity index (χ2n) is 8.76. The lowest BCUT2D eigenvalue weighted by atomic mass is 10.1. The van der Waals surface area contributed by atoms with Crippen LogP contribution in [0.3, 0.4) is 0 Å². The number of nitrogens with one attached hydrogen (secondary N) is 4. The van der Waals surface area contributed by atoms with Gasteiger partial charge in [0.15, 0.2) is 5.95 Å². The lowest BCUT2D eigenvalue weighted by molar-refractivity contribution is -0.139. The van der Waals surface area contributed by atoms with Crippen molar-refractivity contribution in [3.05, 3.63) is 41.2 Å². The van der Waals surface area contributed by atoms with E-state index in [1.54, 1.807) is 38.4 Å². The molecule has 2 heterocycles. The second-order valence-corrected chi connectivity index (χ2v) is 10.4. The van der Waals surface area contributed by atoms with Crippen molar-refractivity contribution in [2.45, 2.75) is 63.5 Å². The molecule has 196 valence electrons. The van der Waals surface area contributed by atoms with E-state index in [1.165, 1.54) is 0 Å². The molecule has 2 aromatic rings. The van der Waals surface area contributed by atoms with Gasteiger partial charge in [-0.3, -0.25) is 9.59 Å². The number of imidazole rings is 1. The van der Waals surface area contributed by atoms with Crippen molar-refractivity contribution in [3.8, 4) is 0 Å². The minimum absolute atomic E-state index is 0.0298. The summed E-state index contributed by atoms with van der Waals surface area (Å²) in [6.07, 6.45) is 5.19. The number of anilines is 1. The van der Waals surface area contributed by atoms with E-state index < -0.39 is 40.6 Å². The molecule has 0 fully saturated rings. The molecule has 13 heteroatoms. The number of aliphatic carboxylic acids is 1. The number of amides is 1. The van der Waals surface area contributed by atoms with Crippen LogP contribution in [0.25, 0.3) is 0 Å². The highest BCUT2D eigenvalue weighted by Gasteiger charge is 2.31. The van der Waals surface area contributed by atoms with Crippen LogP contribution in [0.15, 0.2) is 34.6 Å². The number of nitrogens with zero attached hydrogens (tertiary/aromatic N) is 2. The van der Waals surface area contributed by atoms with Crippen LogP contribution in [0.4, 0.5) is 5.95 Å². The Hall–Kier alpha value is -3.45. The second kappa shape index (κ2) is 12.0. The summed E-state index contributed by atoms with van der Waals surface area (Å²) in [6, 6.07) is 1.87. The van der Waals surface area contributed by atoms with Gasteiger partial charge in [0.1, 0.15) is 6.04 Å². The highest BCUT2D eigenvalue weighted by atomic mass is 32.2. The van der Waals surface area contributed by atoms with Gasteiger partial charge < -0.3 is 25.6 Å². The molecule has 0 aliphatic carbocycles. The summed E-state index contributed by atoms with van der Waals surface area (Å²) in [7, 11) is -4.13. The normalized spacial score (nSPS) is 16.2. The maximum absolute atomic E-state index is 12.9. The molecule has 1 aromatic heterocycles. The Morgan fingerprint density at radius 2 is 1.94 bits per heavy atom. The van der Waals surface area contributed by atoms with Gasteiger partial charge in [0.05, 0.1) is 10.6 Å². The number of aromatic amines is 1. The van der Waals surface area contributed by atoms with Crippen molar-refractivity contribution in [2.75, 3.05) is 18.4 Å². The number of unbranched alkanes of at least 4 members (excludes halogenated alkanes) is 1. The number of carbonyl (C=O) groups is 2. The Kier molecular flexibility index (Phi) is 9.04. The number of aromatic nitrogens is 2. The zero-order valence-corrected chi connectivity index (χ0v) is 21.3. The summed E-state index contributed by atoms with van der Waals surface area (Å²) >= 11 is 0. The number of hydrogen-bond donors (Lipinski definition) is 5. The van der Waals surface area contributed by atoms with Gasteiger partial charge in [-0.05, 0) is 51.2 Å². The van der Waals surface area contributed by atoms with Gasteiger partial charge in [-0.2, -0.15) is 4.72 Å². The molecule has 0 radical (unpaired) electrons. The van der Waals surface area contributed by atoms with E-state index in [1.807, 2.05) is 6.92 Å². The van der Waals surface area contributed by atoms with E-state index in [9.17, 15) is 23.1 Å². The Bertz CT molecular complexity index is 1190. The Morgan fingerprint density at radius 1 is 1.22 bits per heavy atom. The molecular formula is C23H32N6O6S. The van der Waals surface area contributed by atoms with Crippen LogP contribution in [0.2, 0.25) is 0 Å². The molecule has 0 saturated heterocycles. The van der Waals surface area contributed by atoms with Crippen LogP contribution in [0.5, 0.6) is 0 Å². The molecule has 1 amide bonds. The summed E-state index contributed by atoms with van der Waals surface area (Å²) in [5, 5.41) is 19.1. The van der Waals surface area contributed by atoms with Gasteiger partial charge in [0.25, 0.3) is 5.91 Å². The molecule has 2 atom stereocenters. The predicted molar refractivity (Wildman–Crippen MR) is 133 cm³/mol. The highest BCUT2D eigenvalue weighted by molar-refractivity contribution is 7.89. The van der Waals surface area contributed by atoms with Crippen molar-refractivity contribution in [1.29, 1.82) is 0 Å². The van der Waals surface area contributed by atoms with Gasteiger partial charge in [0.2, 0.25) is 16.1 Å². The van der Waals surface area contributed by atoms with E-state index in [2.05, 4.69) is 30.5 Å². The first-order chi connectivity index (χ1) is 17.1. The third-order valence-electron chi connectivity index (χ3n) is 5.65. The molecule has 0 bridgehead atoms. The van der Waals surface area contributed by atoms with Crippen LogP contribution >= 0.6 is 0 Å². The van der Waals surface area contributed by atoms with Crippen molar-refractivity contribution in [2.24, 2.45) is 5.16 Å². The smallest absolute Gasteiger partial charge is 0.323 e. The summed E-state index contributed by atoms with van der Waals surface area (Å²) < 4.78 is 28.0. The Morgan fingerprint density at radius 3 is 2.58 bits per heavy atom. The number of carboxylic acid groups (broad SMARTS) is 1. The molecule has 0 spiro atoms. The highest BCUT2D eigenvalue weighted by Crippen LogP contribution is 2.22. The minimum atomic E-state index is -4.13. The lowest BCUT2D eigenvalue weighted by Gasteiger charge is -2.19. The quantitative estimate of drug-likeness (QED) is 0.248. The third kappa shape index (κ3) is 7.28. The third-order valence-corrected chi connectivity index (χ3v) is 7.43. The van der Waals surface area contributed by atoms with Crippen LogP contribution in [0.1, 0.15) is 42.4 Å². The molecule has 1 aliphatic heterocycles. The number of rotatable bonds is 13. The van der Waals surface area contributed by atoms with E-state index in [0.29, 0.717) is 29.9 Å². The van der Waals surface area contributed by atoms with Crippen molar-refractivity contribution < 1.29 is 28.0 Å². The molecule has 12 nitrogen and oxygen atoms in total. The zero-order chi connectivity index (χ0) is 26.3. The molecule has 1 aromatic carbocycles. The number of carboxylic acids is 1. The maximum Gasteiger partial charge on any atom is 0.323 e. The fourth-order valence-corrected chi connectivity index (χ4v) is 5.71. The standard InChI is InChI=1S/C23H32N6O6S/c1-14-10-15(2)20(16(3)11-14)36(33,34)29-18(22(31)32)13-27-21(30)19-12-17(28-35-19)6-4-5-7-24-23-25-8-9-26-23/h8-11,18-19,29H,4-7,12-13H2,1-3H3,(H,27,30)(H,31,32)(H2,24,25,26). The first-order valence-corrected chi connectivity index (χ1v) is 13.1. The number of aryl methyl sites for hydroxylation is 3. The Labute approximate surface area is 210 Å². The number of hydrogen-bond acceptors (Lipinski definition) is 8. The average molecular weight is 521 g/mol. The summed E-state index contributed by atoms with van der Waals surface area (Å²) in [5.74, 6) is -1.26. The van der Waals surface area contributed by atoms with Crippen molar-refractivity contribution in [1.82, 2.24) is 20.0 Å². The molecule has 0 saturated carbocycles. The first-order valence-electron chi connectivity index (χ1n) is 11.6. The molecule has 5 N–H and O–H groups in total. The predicted octanol–water partition coefficient (Wildman–Crippen LogP) is 1.61. The van der Waals surface area contributed by atoms with Gasteiger partial charge in [-0.25, -0.2) is 13.4 Å². The molecular weight excluding hydrogens is 488 g/mol. The first kappa shape index (κ1) is 27.1. The van der Waals surface area contributed by atoms with Gasteiger partial charge in [0, 0.05) is 31.9 Å². The fourth-order valence-electron chi connectivity index (χ4n) is 4.07. The number of sulfonamides is 1. The largest absolute Gasteiger partial charge is 0.480 e. The van der Waals surface area contributed by atoms with Gasteiger partial charge in [-0.15, -0.1) is 0 Å². The van der Waals surface area contributed by atoms with Gasteiger partial charge >= 0.3 is 5.97 Å². The maximum atomic E-state index is 12.9. The van der Waals surface area contributed by atoms with Crippen LogP contribution in [0, 0.1) is 20.8 Å². The van der Waals surface area contributed by atoms with E-state index in [4.69, 9.17) is 4.84 Å². The van der Waals surface area contributed by atoms with Gasteiger partial charge in [-0.1, -0.05) is 22.9 Å². The lowest BCUT2D eigenvalue weighted by Crippen LogP contribution is -2.50. The Balaban J connectivity index is 1.45. The van der Waals surface area contributed by atoms with E-state index in [-0.39, 0.29) is 4.90 Å². The van der Waals surface area contributed by atoms with E-state index in [0.717, 1.165) is 30.7 Å². The molecule has 2 unspecified atom stereocenters. The van der Waals surface area contributed by atoms with Crippen molar-refractivity contribution >= 4 is 33.6 Å². The molecule has 3 rings (SSSR count). The zero-order valence-electron chi connectivity index (χ0n) is 20.5. The monoisotopic (exact) mass is 520 g/mol.